The number of hydrogen-bond donors (Lipinski definition) is 1. The smallest absolute Gasteiger partial charge is 0.256 e. The summed E-state index contributed by atoms with van der Waals surface area (Å²) in [5.41, 5.74) is 1.10. The number of β-amino-alcohol motifs (C(OH)–C–C–N with tert-alkyl or cyclic N) is 1. The van der Waals surface area contributed by atoms with Crippen molar-refractivity contribution in [1.29, 1.82) is 0 Å². The fourth-order valence-electron chi connectivity index (χ4n) is 2.33. The minimum absolute atomic E-state index is 0.196. The number of carbonyl (C=O) groups excluding carboxylic acids is 1. The molecule has 0 bridgehead atoms. The third kappa shape index (κ3) is 1.52. The van der Waals surface area contributed by atoms with Crippen LogP contribution in [0.1, 0.15) is 0 Å². The molecular weight excluding hydrogens is 226 g/mol. The molecule has 0 aromatic heterocycles. The number of aliphatic hydroxyl groups is 1. The van der Waals surface area contributed by atoms with E-state index in [1.807, 2.05) is 42.5 Å². The maximum Gasteiger partial charge on any atom is 0.256 e. The number of rotatable bonds is 1. The quantitative estimate of drug-likeness (QED) is 0.774. The number of benzene rings is 2. The first-order valence-corrected chi connectivity index (χ1v) is 5.85. The molecule has 18 heavy (non-hydrogen) atoms. The first-order valence-electron chi connectivity index (χ1n) is 5.85. The molecule has 1 atom stereocenters. The first kappa shape index (κ1) is 11.0. The van der Waals surface area contributed by atoms with Gasteiger partial charge in [0.2, 0.25) is 0 Å². The van der Waals surface area contributed by atoms with Crippen LogP contribution < -0.4 is 4.90 Å². The van der Waals surface area contributed by atoms with Gasteiger partial charge in [0.1, 0.15) is 6.10 Å². The van der Waals surface area contributed by atoms with Crippen molar-refractivity contribution in [1.82, 2.24) is 0 Å². The Morgan fingerprint density at radius 2 is 1.89 bits per heavy atom. The van der Waals surface area contributed by atoms with Gasteiger partial charge in [-0.3, -0.25) is 4.79 Å². The molecule has 1 aliphatic heterocycles. The lowest BCUT2D eigenvalue weighted by molar-refractivity contribution is -0.114. The molecule has 0 spiro atoms. The van der Waals surface area contributed by atoms with Crippen LogP contribution in [-0.4, -0.2) is 23.7 Å². The third-order valence-electron chi connectivity index (χ3n) is 3.34. The molecule has 2 aromatic carbocycles. The molecule has 1 N–H and O–H groups in total. The number of carbonyl (C=O) groups is 1. The van der Waals surface area contributed by atoms with Gasteiger partial charge in [-0.15, -0.1) is 0 Å². The summed E-state index contributed by atoms with van der Waals surface area (Å²) in [5, 5.41) is 11.8. The Labute approximate surface area is 105 Å². The molecule has 3 heteroatoms. The predicted molar refractivity (Wildman–Crippen MR) is 71.4 cm³/mol. The average Bonchev–Trinajstić information content (AvgIpc) is 2.66. The van der Waals surface area contributed by atoms with Crippen LogP contribution >= 0.6 is 0 Å². The minimum Gasteiger partial charge on any atom is -0.386 e. The fourth-order valence-corrected chi connectivity index (χ4v) is 2.33. The number of amides is 1. The van der Waals surface area contributed by atoms with E-state index in [0.29, 0.717) is 0 Å². The van der Waals surface area contributed by atoms with Gasteiger partial charge in [0.15, 0.2) is 0 Å². The molecule has 0 saturated carbocycles. The molecule has 3 nitrogen and oxygen atoms in total. The number of hydrogen-bond acceptors (Lipinski definition) is 2. The van der Waals surface area contributed by atoms with Crippen molar-refractivity contribution >= 4 is 22.4 Å². The molecule has 1 unspecified atom stereocenters. The van der Waals surface area contributed by atoms with Crippen LogP contribution in [-0.2, 0) is 4.79 Å². The summed E-state index contributed by atoms with van der Waals surface area (Å²) in [7, 11) is 0. The molecule has 1 fully saturated rings. The second-order valence-corrected chi connectivity index (χ2v) is 4.46. The Hall–Kier alpha value is -2.13. The zero-order chi connectivity index (χ0) is 12.7. The van der Waals surface area contributed by atoms with Crippen molar-refractivity contribution in [2.45, 2.75) is 6.10 Å². The maximum atomic E-state index is 12.0. The van der Waals surface area contributed by atoms with Crippen molar-refractivity contribution < 1.29 is 9.90 Å². The van der Waals surface area contributed by atoms with E-state index in [9.17, 15) is 9.90 Å². The lowest BCUT2D eigenvalue weighted by Gasteiger charge is -2.17. The molecular formula is C15H13NO2. The Kier molecular flexibility index (Phi) is 2.42. The summed E-state index contributed by atoms with van der Waals surface area (Å²) in [5.74, 6) is -0.196. The SMILES string of the molecule is C=C1C(=O)N(c2cccc3ccccc23)CC1O. The molecule has 1 aliphatic rings. The summed E-state index contributed by atoms with van der Waals surface area (Å²) in [6, 6.07) is 13.7. The molecule has 3 rings (SSSR count). The van der Waals surface area contributed by atoms with E-state index in [1.165, 1.54) is 0 Å². The molecule has 0 radical (unpaired) electrons. The first-order chi connectivity index (χ1) is 8.68. The largest absolute Gasteiger partial charge is 0.386 e. The molecule has 1 saturated heterocycles. The van der Waals surface area contributed by atoms with Crippen molar-refractivity contribution in [3.05, 3.63) is 54.6 Å². The highest BCUT2D eigenvalue weighted by molar-refractivity contribution is 6.12. The fraction of sp³-hybridized carbons (Fsp3) is 0.133. The Balaban J connectivity index is 2.16. The van der Waals surface area contributed by atoms with Gasteiger partial charge in [-0.1, -0.05) is 43.0 Å². The monoisotopic (exact) mass is 239 g/mol. The average molecular weight is 239 g/mol. The summed E-state index contributed by atoms with van der Waals surface area (Å²) >= 11 is 0. The second-order valence-electron chi connectivity index (χ2n) is 4.46. The lowest BCUT2D eigenvalue weighted by Crippen LogP contribution is -2.25. The maximum absolute atomic E-state index is 12.0. The third-order valence-corrected chi connectivity index (χ3v) is 3.34. The Morgan fingerprint density at radius 1 is 1.17 bits per heavy atom. The van der Waals surface area contributed by atoms with Crippen molar-refractivity contribution in [3.63, 3.8) is 0 Å². The number of nitrogens with zero attached hydrogens (tertiary/aromatic N) is 1. The summed E-state index contributed by atoms with van der Waals surface area (Å²) < 4.78 is 0. The van der Waals surface area contributed by atoms with E-state index in [-0.39, 0.29) is 18.0 Å². The van der Waals surface area contributed by atoms with E-state index < -0.39 is 6.10 Å². The van der Waals surface area contributed by atoms with Gasteiger partial charge in [-0.05, 0) is 11.5 Å². The predicted octanol–water partition coefficient (Wildman–Crippen LogP) is 2.10. The van der Waals surface area contributed by atoms with Crippen LogP contribution in [0.5, 0.6) is 0 Å². The molecule has 2 aromatic rings. The van der Waals surface area contributed by atoms with Crippen molar-refractivity contribution in [2.75, 3.05) is 11.4 Å². The normalized spacial score (nSPS) is 19.8. The van der Waals surface area contributed by atoms with Crippen LogP contribution in [0.15, 0.2) is 54.6 Å². The Morgan fingerprint density at radius 3 is 2.61 bits per heavy atom. The zero-order valence-electron chi connectivity index (χ0n) is 9.84. The van der Waals surface area contributed by atoms with Crippen LogP contribution in [0.4, 0.5) is 5.69 Å². The highest BCUT2D eigenvalue weighted by atomic mass is 16.3. The van der Waals surface area contributed by atoms with Crippen molar-refractivity contribution in [3.8, 4) is 0 Å². The number of aliphatic hydroxyl groups excluding tert-OH is 1. The van der Waals surface area contributed by atoms with Gasteiger partial charge in [-0.25, -0.2) is 0 Å². The van der Waals surface area contributed by atoms with Crippen LogP contribution in [0.3, 0.4) is 0 Å². The van der Waals surface area contributed by atoms with Gasteiger partial charge in [0.25, 0.3) is 5.91 Å². The van der Waals surface area contributed by atoms with E-state index in [0.717, 1.165) is 16.5 Å². The second kappa shape index (κ2) is 3.96. The molecule has 1 amide bonds. The zero-order valence-corrected chi connectivity index (χ0v) is 9.84. The van der Waals surface area contributed by atoms with Crippen molar-refractivity contribution in [2.24, 2.45) is 0 Å². The van der Waals surface area contributed by atoms with Gasteiger partial charge in [0.05, 0.1) is 12.2 Å². The standard InChI is InChI=1S/C15H13NO2/c1-10-14(17)9-16(15(10)18)13-8-4-6-11-5-2-3-7-12(11)13/h2-8,14,17H,1,9H2. The molecule has 0 aliphatic carbocycles. The molecule has 1 heterocycles. The minimum atomic E-state index is -0.767. The molecule has 90 valence electrons. The Bertz CT molecular complexity index is 642. The van der Waals surface area contributed by atoms with Crippen LogP contribution in [0, 0.1) is 0 Å². The van der Waals surface area contributed by atoms with Gasteiger partial charge in [-0.2, -0.15) is 0 Å². The van der Waals surface area contributed by atoms with E-state index in [2.05, 4.69) is 6.58 Å². The highest BCUT2D eigenvalue weighted by Crippen LogP contribution is 2.31. The summed E-state index contributed by atoms with van der Waals surface area (Å²) in [6.07, 6.45) is -0.767. The van der Waals surface area contributed by atoms with Gasteiger partial charge in [0, 0.05) is 11.0 Å². The van der Waals surface area contributed by atoms with Crippen LogP contribution in [0.2, 0.25) is 0 Å². The highest BCUT2D eigenvalue weighted by Gasteiger charge is 2.33. The van der Waals surface area contributed by atoms with E-state index >= 15 is 0 Å². The van der Waals surface area contributed by atoms with E-state index in [1.54, 1.807) is 4.90 Å². The summed E-state index contributed by atoms with van der Waals surface area (Å²) in [6.45, 7) is 3.91. The number of fused-ring (bicyclic) bond motifs is 1. The van der Waals surface area contributed by atoms with Crippen LogP contribution in [0.25, 0.3) is 10.8 Å². The van der Waals surface area contributed by atoms with Gasteiger partial charge >= 0.3 is 0 Å². The topological polar surface area (TPSA) is 40.5 Å². The van der Waals surface area contributed by atoms with Gasteiger partial charge < -0.3 is 10.0 Å². The van der Waals surface area contributed by atoms with E-state index in [4.69, 9.17) is 0 Å². The number of anilines is 1. The lowest BCUT2D eigenvalue weighted by atomic mass is 10.1. The summed E-state index contributed by atoms with van der Waals surface area (Å²) in [4.78, 5) is 13.6.